The van der Waals surface area contributed by atoms with Crippen LogP contribution >= 0.6 is 11.8 Å². The quantitative estimate of drug-likeness (QED) is 0.0567. The maximum atomic E-state index is 14.1. The highest BCUT2D eigenvalue weighted by Gasteiger charge is 2.42. The van der Waals surface area contributed by atoms with E-state index in [1.807, 2.05) is 43.8 Å². The second-order valence-corrected chi connectivity index (χ2v) is 17.5. The van der Waals surface area contributed by atoms with Crippen LogP contribution in [0, 0.1) is 11.3 Å². The van der Waals surface area contributed by atoms with E-state index >= 15 is 0 Å². The Morgan fingerprint density at radius 3 is 2.52 bits per heavy atom. The first-order chi connectivity index (χ1) is 24.5. The third kappa shape index (κ3) is 14.3. The molecule has 10 nitrogen and oxygen atoms in total. The molecule has 0 aromatic rings. The van der Waals surface area contributed by atoms with Crippen molar-refractivity contribution in [3.05, 3.63) is 58.7 Å². The zero-order chi connectivity index (χ0) is 38.5. The van der Waals surface area contributed by atoms with Crippen LogP contribution in [0.4, 0.5) is 9.59 Å². The Kier molecular flexibility index (Phi) is 16.8. The SMILES string of the molecule is CC1=C(/C=C/C(C)=C/C=C/C(C)=C/CO)C(C)(C)C[C@H](C(=O)[C@H](CCCCNC(=O)CCCC[C@@H]2SC[C@@H]3NC(=O)N[C@@H]32)NC(=O)OC(C)(C)C)C1. The molecule has 4 amide bonds. The molecule has 0 spiro atoms. The molecule has 5 atom stereocenters. The zero-order valence-electron chi connectivity index (χ0n) is 32.7. The number of hydrogen-bond acceptors (Lipinski definition) is 7. The molecule has 3 aliphatic rings. The van der Waals surface area contributed by atoms with E-state index in [9.17, 15) is 19.2 Å². The number of amides is 4. The van der Waals surface area contributed by atoms with Crippen LogP contribution in [0.25, 0.3) is 0 Å². The molecule has 1 aliphatic carbocycles. The Morgan fingerprint density at radius 1 is 1.08 bits per heavy atom. The van der Waals surface area contributed by atoms with Crippen molar-refractivity contribution >= 4 is 35.6 Å². The Bertz CT molecular complexity index is 1420. The summed E-state index contributed by atoms with van der Waals surface area (Å²) in [5.41, 5.74) is 3.56. The number of nitrogens with one attached hydrogen (secondary N) is 4. The van der Waals surface area contributed by atoms with Crippen LogP contribution in [0.3, 0.4) is 0 Å². The van der Waals surface area contributed by atoms with Gasteiger partial charge in [0, 0.05) is 29.9 Å². The largest absolute Gasteiger partial charge is 0.444 e. The number of allylic oxidation sites excluding steroid dienone is 9. The fourth-order valence-corrected chi connectivity index (χ4v) is 8.89. The van der Waals surface area contributed by atoms with Crippen LogP contribution in [-0.4, -0.2) is 76.8 Å². The Balaban J connectivity index is 1.51. The maximum Gasteiger partial charge on any atom is 0.408 e. The van der Waals surface area contributed by atoms with Gasteiger partial charge in [0.25, 0.3) is 0 Å². The highest BCUT2D eigenvalue weighted by Crippen LogP contribution is 2.44. The molecule has 2 heterocycles. The van der Waals surface area contributed by atoms with Crippen LogP contribution in [0.5, 0.6) is 0 Å². The van der Waals surface area contributed by atoms with Crippen LogP contribution in [0.1, 0.15) is 113 Å². The van der Waals surface area contributed by atoms with E-state index in [2.05, 4.69) is 54.2 Å². The number of hydrogen-bond donors (Lipinski definition) is 5. The van der Waals surface area contributed by atoms with Gasteiger partial charge in [-0.3, -0.25) is 9.59 Å². The lowest BCUT2D eigenvalue weighted by molar-refractivity contribution is -0.126. The summed E-state index contributed by atoms with van der Waals surface area (Å²) in [5.74, 6) is 0.752. The number of aliphatic hydroxyl groups excluding tert-OH is 1. The summed E-state index contributed by atoms with van der Waals surface area (Å²) in [5, 5.41) is 21.3. The molecule has 2 fully saturated rings. The summed E-state index contributed by atoms with van der Waals surface area (Å²) in [6.45, 7) is 16.4. The Labute approximate surface area is 316 Å². The second kappa shape index (κ2) is 20.2. The fourth-order valence-electron chi connectivity index (χ4n) is 7.34. The average molecular weight is 741 g/mol. The van der Waals surface area contributed by atoms with Crippen molar-refractivity contribution in [3.8, 4) is 0 Å². The maximum absolute atomic E-state index is 14.1. The monoisotopic (exact) mass is 740 g/mol. The van der Waals surface area contributed by atoms with Gasteiger partial charge in [0.1, 0.15) is 5.60 Å². The first-order valence-electron chi connectivity index (χ1n) is 19.0. The zero-order valence-corrected chi connectivity index (χ0v) is 33.5. The number of alkyl carbamates (subject to hydrolysis) is 1. The van der Waals surface area contributed by atoms with Crippen molar-refractivity contribution in [1.82, 2.24) is 21.3 Å². The smallest absolute Gasteiger partial charge is 0.408 e. The summed E-state index contributed by atoms with van der Waals surface area (Å²) in [7, 11) is 0. The van der Waals surface area contributed by atoms with Gasteiger partial charge in [0.2, 0.25) is 5.91 Å². The van der Waals surface area contributed by atoms with Gasteiger partial charge in [0.05, 0.1) is 24.7 Å². The van der Waals surface area contributed by atoms with E-state index in [4.69, 9.17) is 9.84 Å². The van der Waals surface area contributed by atoms with E-state index in [-0.39, 0.29) is 47.7 Å². The summed E-state index contributed by atoms with van der Waals surface area (Å²) in [6, 6.07) is -0.348. The number of ketones is 1. The molecule has 52 heavy (non-hydrogen) atoms. The van der Waals surface area contributed by atoms with Gasteiger partial charge in [-0.15, -0.1) is 0 Å². The third-order valence-electron chi connectivity index (χ3n) is 9.90. The number of carbonyl (C=O) groups excluding carboxylic acids is 4. The van der Waals surface area contributed by atoms with Gasteiger partial charge in [0.15, 0.2) is 5.78 Å². The van der Waals surface area contributed by atoms with Gasteiger partial charge < -0.3 is 31.1 Å². The minimum absolute atomic E-state index is 0.0215. The number of urea groups is 1. The first-order valence-corrected chi connectivity index (χ1v) is 20.0. The van der Waals surface area contributed by atoms with E-state index in [0.29, 0.717) is 50.3 Å². The number of carbonyl (C=O) groups is 4. The van der Waals surface area contributed by atoms with E-state index in [0.717, 1.165) is 36.2 Å². The summed E-state index contributed by atoms with van der Waals surface area (Å²) in [4.78, 5) is 51.0. The number of thioether (sulfide) groups is 1. The number of ether oxygens (including phenoxy) is 1. The molecule has 0 unspecified atom stereocenters. The van der Waals surface area contributed by atoms with Crippen molar-refractivity contribution in [1.29, 1.82) is 0 Å². The van der Waals surface area contributed by atoms with Crippen molar-refractivity contribution in [3.63, 3.8) is 0 Å². The van der Waals surface area contributed by atoms with Crippen LogP contribution in [0.15, 0.2) is 58.7 Å². The predicted octanol–water partition coefficient (Wildman–Crippen LogP) is 7.21. The number of fused-ring (bicyclic) bond motifs is 1. The lowest BCUT2D eigenvalue weighted by atomic mass is 9.66. The molecular formula is C41H64N4O6S. The molecule has 2 aliphatic heterocycles. The third-order valence-corrected chi connectivity index (χ3v) is 11.4. The molecule has 3 rings (SSSR count). The van der Waals surface area contributed by atoms with E-state index < -0.39 is 17.7 Å². The number of aliphatic hydroxyl groups is 1. The lowest BCUT2D eigenvalue weighted by Crippen LogP contribution is -2.47. The molecule has 290 valence electrons. The number of rotatable bonds is 18. The normalized spacial score (nSPS) is 24.1. The average Bonchev–Trinajstić information content (AvgIpc) is 3.59. The second-order valence-electron chi connectivity index (χ2n) is 16.2. The molecule has 11 heteroatoms. The molecule has 2 saturated heterocycles. The molecule has 0 aromatic carbocycles. The van der Waals surface area contributed by atoms with Gasteiger partial charge >= 0.3 is 12.1 Å². The molecule has 0 saturated carbocycles. The Hall–Kier alpha value is -3.31. The van der Waals surface area contributed by atoms with Gasteiger partial charge in [-0.1, -0.05) is 73.4 Å². The van der Waals surface area contributed by atoms with Gasteiger partial charge in [-0.2, -0.15) is 11.8 Å². The van der Waals surface area contributed by atoms with Crippen molar-refractivity contribution in [2.24, 2.45) is 11.3 Å². The van der Waals surface area contributed by atoms with E-state index in [1.54, 1.807) is 26.8 Å². The topological polar surface area (TPSA) is 146 Å². The molecule has 0 radical (unpaired) electrons. The lowest BCUT2D eigenvalue weighted by Gasteiger charge is -2.38. The molecule has 0 aromatic heterocycles. The number of unbranched alkanes of at least 4 members (excludes halogenated alkanes) is 2. The Morgan fingerprint density at radius 2 is 1.83 bits per heavy atom. The van der Waals surface area contributed by atoms with Crippen molar-refractivity contribution in [2.45, 2.75) is 142 Å². The minimum Gasteiger partial charge on any atom is -0.444 e. The van der Waals surface area contributed by atoms with E-state index in [1.165, 1.54) is 11.1 Å². The molecule has 5 N–H and O–H groups in total. The van der Waals surface area contributed by atoms with Crippen LogP contribution in [0.2, 0.25) is 0 Å². The van der Waals surface area contributed by atoms with Crippen LogP contribution in [-0.2, 0) is 14.3 Å². The molecule has 0 bridgehead atoms. The van der Waals surface area contributed by atoms with Crippen LogP contribution < -0.4 is 21.3 Å². The fraction of sp³-hybridized carbons (Fsp3) is 0.659. The highest BCUT2D eigenvalue weighted by atomic mass is 32.2. The minimum atomic E-state index is -0.686. The number of Topliss-reactive ketones (excluding diaryl/α,β-unsaturated/α-hetero) is 1. The first kappa shape index (κ1) is 43.1. The highest BCUT2D eigenvalue weighted by molar-refractivity contribution is 8.00. The predicted molar refractivity (Wildman–Crippen MR) is 211 cm³/mol. The molecular weight excluding hydrogens is 677 g/mol. The summed E-state index contributed by atoms with van der Waals surface area (Å²) in [6.07, 6.45) is 17.7. The van der Waals surface area contributed by atoms with Gasteiger partial charge in [-0.25, -0.2) is 9.59 Å². The summed E-state index contributed by atoms with van der Waals surface area (Å²) < 4.78 is 5.53. The van der Waals surface area contributed by atoms with Gasteiger partial charge in [-0.05, 0) is 97.5 Å². The van der Waals surface area contributed by atoms with Crippen molar-refractivity contribution in [2.75, 3.05) is 18.9 Å². The summed E-state index contributed by atoms with van der Waals surface area (Å²) >= 11 is 1.89. The standard InChI is InChI=1S/C41H64N4O6S/c1-27(14-13-15-28(2)21-23-46)19-20-31-29(3)24-30(25-41(31,7)8)37(48)32(44-39(50)51-40(4,5)6)16-11-12-22-42-35(47)18-10-9-17-34-36-33(26-52-34)43-38(49)45-36/h13-15,19-21,30,32-34,36,46H,9-12,16-18,22-26H2,1-8H3,(H,42,47)(H,44,50)(H2,43,45,49)/b15-13+,20-19+,27-14+,28-21+/t30-,32+,33+,34+,36+/m1/s1. The van der Waals surface area contributed by atoms with Crippen molar-refractivity contribution < 1.29 is 29.0 Å².